The molecule has 20 heavy (non-hydrogen) atoms. The van der Waals surface area contributed by atoms with Gasteiger partial charge in [-0.2, -0.15) is 13.2 Å². The summed E-state index contributed by atoms with van der Waals surface area (Å²) in [5, 5.41) is 2.81. The van der Waals surface area contributed by atoms with Gasteiger partial charge in [0, 0.05) is 13.1 Å². The van der Waals surface area contributed by atoms with Crippen LogP contribution >= 0.6 is 0 Å². The highest BCUT2D eigenvalue weighted by atomic mass is 19.4. The number of ether oxygens (including phenoxy) is 1. The zero-order valence-electron chi connectivity index (χ0n) is 11.5. The van der Waals surface area contributed by atoms with Crippen molar-refractivity contribution >= 4 is 11.4 Å². The average molecular weight is 292 g/mol. The van der Waals surface area contributed by atoms with Crippen molar-refractivity contribution in [1.29, 1.82) is 0 Å². The van der Waals surface area contributed by atoms with Crippen LogP contribution in [-0.2, 0) is 10.9 Å². The Balaban J connectivity index is 2.43. The number of anilines is 2. The highest BCUT2D eigenvalue weighted by molar-refractivity contribution is 5.65. The van der Waals surface area contributed by atoms with Crippen molar-refractivity contribution < 1.29 is 17.9 Å². The lowest BCUT2D eigenvalue weighted by atomic mass is 10.2. The Morgan fingerprint density at radius 3 is 2.65 bits per heavy atom. The van der Waals surface area contributed by atoms with Crippen LogP contribution < -0.4 is 11.1 Å². The smallest absolute Gasteiger partial charge is 0.396 e. The largest absolute Gasteiger partial charge is 0.433 e. The SMILES string of the molecule is CN(C)CCOCCNc1cc(C(F)(F)F)ncc1N. The average Bonchev–Trinajstić information content (AvgIpc) is 2.33. The number of nitrogens with zero attached hydrogens (tertiary/aromatic N) is 2. The van der Waals surface area contributed by atoms with E-state index in [9.17, 15) is 13.2 Å². The van der Waals surface area contributed by atoms with E-state index in [0.717, 1.165) is 18.8 Å². The van der Waals surface area contributed by atoms with E-state index in [2.05, 4.69) is 10.3 Å². The minimum atomic E-state index is -4.48. The number of hydrogen-bond donors (Lipinski definition) is 2. The predicted molar refractivity (Wildman–Crippen MR) is 71.5 cm³/mol. The second kappa shape index (κ2) is 7.30. The molecule has 0 unspecified atom stereocenters. The first kappa shape index (κ1) is 16.5. The topological polar surface area (TPSA) is 63.4 Å². The van der Waals surface area contributed by atoms with Gasteiger partial charge in [0.05, 0.1) is 30.8 Å². The van der Waals surface area contributed by atoms with Crippen LogP contribution in [-0.4, -0.2) is 50.3 Å². The van der Waals surface area contributed by atoms with Crippen LogP contribution in [0.3, 0.4) is 0 Å². The lowest BCUT2D eigenvalue weighted by Gasteiger charge is -2.13. The minimum absolute atomic E-state index is 0.172. The Kier molecular flexibility index (Phi) is 6.03. The highest BCUT2D eigenvalue weighted by Gasteiger charge is 2.32. The van der Waals surface area contributed by atoms with Crippen molar-refractivity contribution in [2.24, 2.45) is 0 Å². The zero-order valence-corrected chi connectivity index (χ0v) is 11.5. The molecule has 3 N–H and O–H groups in total. The van der Waals surface area contributed by atoms with E-state index in [4.69, 9.17) is 10.5 Å². The molecule has 0 aliphatic carbocycles. The van der Waals surface area contributed by atoms with Crippen LogP contribution in [0.2, 0.25) is 0 Å². The van der Waals surface area contributed by atoms with Crippen molar-refractivity contribution in [2.75, 3.05) is 51.4 Å². The van der Waals surface area contributed by atoms with E-state index in [1.807, 2.05) is 19.0 Å². The van der Waals surface area contributed by atoms with Crippen LogP contribution in [0.1, 0.15) is 5.69 Å². The van der Waals surface area contributed by atoms with E-state index in [-0.39, 0.29) is 11.4 Å². The standard InChI is InChI=1S/C12H19F3N4O/c1-19(2)4-6-20-5-3-17-10-7-11(12(13,14)15)18-8-9(10)16/h7-8H,3-6,16H2,1-2H3,(H,17,18). The Bertz CT molecular complexity index is 424. The van der Waals surface area contributed by atoms with Crippen molar-refractivity contribution in [1.82, 2.24) is 9.88 Å². The third kappa shape index (κ3) is 5.62. The van der Waals surface area contributed by atoms with Crippen molar-refractivity contribution in [2.45, 2.75) is 6.18 Å². The molecule has 0 fully saturated rings. The maximum Gasteiger partial charge on any atom is 0.433 e. The number of nitrogens with two attached hydrogens (primary N) is 1. The normalized spacial score (nSPS) is 11.9. The first-order valence-corrected chi connectivity index (χ1v) is 6.10. The Labute approximate surface area is 115 Å². The fourth-order valence-corrected chi connectivity index (χ4v) is 1.38. The molecule has 0 aromatic carbocycles. The molecule has 0 aliphatic heterocycles. The molecule has 0 aliphatic rings. The van der Waals surface area contributed by atoms with E-state index in [1.165, 1.54) is 0 Å². The van der Waals surface area contributed by atoms with E-state index in [0.29, 0.717) is 19.8 Å². The summed E-state index contributed by atoms with van der Waals surface area (Å²) >= 11 is 0. The quantitative estimate of drug-likeness (QED) is 0.749. The van der Waals surface area contributed by atoms with Gasteiger partial charge in [-0.25, -0.2) is 4.98 Å². The van der Waals surface area contributed by atoms with Gasteiger partial charge in [-0.05, 0) is 20.2 Å². The number of aromatic nitrogens is 1. The molecule has 8 heteroatoms. The number of alkyl halides is 3. The fourth-order valence-electron chi connectivity index (χ4n) is 1.38. The second-order valence-corrected chi connectivity index (χ2v) is 4.50. The first-order valence-electron chi connectivity index (χ1n) is 6.10. The molecule has 1 rings (SSSR count). The van der Waals surface area contributed by atoms with Crippen LogP contribution in [0.15, 0.2) is 12.3 Å². The van der Waals surface area contributed by atoms with Crippen LogP contribution in [0.5, 0.6) is 0 Å². The zero-order chi connectivity index (χ0) is 15.2. The molecule has 1 aromatic heterocycles. The number of halogens is 3. The molecule has 1 aromatic rings. The van der Waals surface area contributed by atoms with Crippen LogP contribution in [0, 0.1) is 0 Å². The molecule has 1 heterocycles. The monoisotopic (exact) mass is 292 g/mol. The first-order chi connectivity index (χ1) is 9.30. The van der Waals surface area contributed by atoms with Gasteiger partial charge in [0.1, 0.15) is 5.69 Å². The summed E-state index contributed by atoms with van der Waals surface area (Å²) in [6.07, 6.45) is -3.48. The van der Waals surface area contributed by atoms with Gasteiger partial charge >= 0.3 is 6.18 Å². The summed E-state index contributed by atoms with van der Waals surface area (Å²) < 4.78 is 42.8. The molecular weight excluding hydrogens is 273 g/mol. The third-order valence-electron chi connectivity index (χ3n) is 2.47. The molecule has 0 radical (unpaired) electrons. The van der Waals surface area contributed by atoms with E-state index in [1.54, 1.807) is 0 Å². The van der Waals surface area contributed by atoms with Crippen LogP contribution in [0.4, 0.5) is 24.5 Å². The van der Waals surface area contributed by atoms with Crippen molar-refractivity contribution in [3.05, 3.63) is 18.0 Å². The van der Waals surface area contributed by atoms with Crippen molar-refractivity contribution in [3.8, 4) is 0 Å². The predicted octanol–water partition coefficient (Wildman–Crippen LogP) is 1.67. The highest BCUT2D eigenvalue weighted by Crippen LogP contribution is 2.30. The van der Waals surface area contributed by atoms with Crippen LogP contribution in [0.25, 0.3) is 0 Å². The lowest BCUT2D eigenvalue weighted by molar-refractivity contribution is -0.141. The summed E-state index contributed by atoms with van der Waals surface area (Å²) in [5.74, 6) is 0. The molecule has 0 amide bonds. The van der Waals surface area contributed by atoms with Crippen molar-refractivity contribution in [3.63, 3.8) is 0 Å². The molecule has 0 saturated carbocycles. The van der Waals surface area contributed by atoms with Gasteiger partial charge in [-0.3, -0.25) is 0 Å². The van der Waals surface area contributed by atoms with Gasteiger partial charge in [0.15, 0.2) is 0 Å². The number of pyridine rings is 1. The maximum absolute atomic E-state index is 12.5. The van der Waals surface area contributed by atoms with Gasteiger partial charge in [-0.15, -0.1) is 0 Å². The number of hydrogen-bond acceptors (Lipinski definition) is 5. The molecule has 0 atom stereocenters. The molecular formula is C12H19F3N4O. The number of rotatable bonds is 7. The lowest BCUT2D eigenvalue weighted by Crippen LogP contribution is -2.20. The number of likely N-dealkylation sites (N-methyl/N-ethyl adjacent to an activating group) is 1. The van der Waals surface area contributed by atoms with Gasteiger partial charge in [0.25, 0.3) is 0 Å². The summed E-state index contributed by atoms with van der Waals surface area (Å²) in [5.41, 5.74) is 4.99. The molecule has 5 nitrogen and oxygen atoms in total. The molecule has 0 spiro atoms. The van der Waals surface area contributed by atoms with Gasteiger partial charge in [-0.1, -0.05) is 0 Å². The summed E-state index contributed by atoms with van der Waals surface area (Å²) in [4.78, 5) is 5.24. The molecule has 0 saturated heterocycles. The summed E-state index contributed by atoms with van der Waals surface area (Å²) in [7, 11) is 3.86. The van der Waals surface area contributed by atoms with E-state index >= 15 is 0 Å². The van der Waals surface area contributed by atoms with Gasteiger partial charge < -0.3 is 20.7 Å². The number of nitrogen functional groups attached to an aromatic ring is 1. The third-order valence-corrected chi connectivity index (χ3v) is 2.47. The second-order valence-electron chi connectivity index (χ2n) is 4.50. The summed E-state index contributed by atoms with van der Waals surface area (Å²) in [6, 6.07) is 0.898. The maximum atomic E-state index is 12.5. The minimum Gasteiger partial charge on any atom is -0.396 e. The summed E-state index contributed by atoms with van der Waals surface area (Å²) in [6.45, 7) is 2.11. The number of nitrogens with one attached hydrogen (secondary N) is 1. The Morgan fingerprint density at radius 2 is 2.05 bits per heavy atom. The Morgan fingerprint density at radius 1 is 1.35 bits per heavy atom. The molecule has 0 bridgehead atoms. The molecule has 114 valence electrons. The Hall–Kier alpha value is -1.54. The van der Waals surface area contributed by atoms with E-state index < -0.39 is 11.9 Å². The van der Waals surface area contributed by atoms with Gasteiger partial charge in [0.2, 0.25) is 0 Å². The fraction of sp³-hybridized carbons (Fsp3) is 0.583.